The van der Waals surface area contributed by atoms with Crippen LogP contribution in [-0.2, 0) is 0 Å². The van der Waals surface area contributed by atoms with Gasteiger partial charge < -0.3 is 15.4 Å². The highest BCUT2D eigenvalue weighted by atomic mass is 35.5. The first-order valence-corrected chi connectivity index (χ1v) is 8.35. The number of aryl methyl sites for hydroxylation is 1. The molecule has 0 spiro atoms. The van der Waals surface area contributed by atoms with Gasteiger partial charge in [0, 0.05) is 23.0 Å². The van der Waals surface area contributed by atoms with Crippen LogP contribution in [0.15, 0.2) is 48.7 Å². The van der Waals surface area contributed by atoms with Gasteiger partial charge in [-0.05, 0) is 48.9 Å². The zero-order valence-corrected chi connectivity index (χ0v) is 15.3. The molecule has 0 aliphatic carbocycles. The first kappa shape index (κ1) is 18.6. The number of rotatable bonds is 5. The van der Waals surface area contributed by atoms with E-state index in [0.717, 1.165) is 5.56 Å². The molecule has 27 heavy (non-hydrogen) atoms. The van der Waals surface area contributed by atoms with Crippen LogP contribution in [0.2, 0.25) is 5.02 Å². The third kappa shape index (κ3) is 4.51. The van der Waals surface area contributed by atoms with Gasteiger partial charge in [0.05, 0.1) is 12.8 Å². The lowest BCUT2D eigenvalue weighted by molar-refractivity contribution is 0.102. The summed E-state index contributed by atoms with van der Waals surface area (Å²) in [6.45, 7) is 1.83. The lowest BCUT2D eigenvalue weighted by Gasteiger charge is -2.12. The summed E-state index contributed by atoms with van der Waals surface area (Å²) >= 11 is 6.08. The molecule has 0 saturated carbocycles. The second kappa shape index (κ2) is 8.01. The molecule has 1 amide bonds. The molecule has 0 atom stereocenters. The van der Waals surface area contributed by atoms with Crippen LogP contribution in [0.4, 0.5) is 21.7 Å². The maximum absolute atomic E-state index is 13.0. The molecule has 3 rings (SSSR count). The number of anilines is 3. The van der Waals surface area contributed by atoms with E-state index >= 15 is 0 Å². The SMILES string of the molecule is COc1cc(Cl)c(C)cc1NC(=O)c1ccnc(Nc2ccc(F)cc2)n1. The summed E-state index contributed by atoms with van der Waals surface area (Å²) < 4.78 is 18.2. The van der Waals surface area contributed by atoms with Gasteiger partial charge in [-0.1, -0.05) is 11.6 Å². The van der Waals surface area contributed by atoms with Gasteiger partial charge in [0.25, 0.3) is 5.91 Å². The van der Waals surface area contributed by atoms with Crippen molar-refractivity contribution in [2.24, 2.45) is 0 Å². The topological polar surface area (TPSA) is 76.1 Å². The molecule has 8 heteroatoms. The van der Waals surface area contributed by atoms with E-state index in [1.54, 1.807) is 24.3 Å². The van der Waals surface area contributed by atoms with Crippen molar-refractivity contribution in [1.29, 1.82) is 0 Å². The van der Waals surface area contributed by atoms with E-state index in [1.807, 2.05) is 6.92 Å². The molecule has 0 radical (unpaired) electrons. The number of carbonyl (C=O) groups is 1. The number of benzene rings is 2. The Bertz CT molecular complexity index is 980. The molecule has 0 aliphatic heterocycles. The van der Waals surface area contributed by atoms with Crippen LogP contribution in [0.3, 0.4) is 0 Å². The Hall–Kier alpha value is -3.19. The predicted molar refractivity (Wildman–Crippen MR) is 102 cm³/mol. The van der Waals surface area contributed by atoms with Crippen LogP contribution in [0, 0.1) is 12.7 Å². The quantitative estimate of drug-likeness (QED) is 0.671. The third-order valence-corrected chi connectivity index (χ3v) is 4.12. The molecule has 0 saturated heterocycles. The normalized spacial score (nSPS) is 10.4. The molecule has 138 valence electrons. The van der Waals surface area contributed by atoms with Crippen molar-refractivity contribution in [2.45, 2.75) is 6.92 Å². The van der Waals surface area contributed by atoms with E-state index in [-0.39, 0.29) is 17.5 Å². The van der Waals surface area contributed by atoms with Crippen molar-refractivity contribution in [1.82, 2.24) is 9.97 Å². The molecule has 1 heterocycles. The number of carbonyl (C=O) groups excluding carboxylic acids is 1. The summed E-state index contributed by atoms with van der Waals surface area (Å²) in [7, 11) is 1.49. The molecule has 6 nitrogen and oxygen atoms in total. The molecule has 1 aromatic heterocycles. The number of halogens is 2. The fraction of sp³-hybridized carbons (Fsp3) is 0.105. The highest BCUT2D eigenvalue weighted by molar-refractivity contribution is 6.31. The second-order valence-electron chi connectivity index (χ2n) is 5.65. The van der Waals surface area contributed by atoms with Gasteiger partial charge in [-0.25, -0.2) is 14.4 Å². The van der Waals surface area contributed by atoms with Gasteiger partial charge in [0.15, 0.2) is 0 Å². The zero-order valence-electron chi connectivity index (χ0n) is 14.6. The van der Waals surface area contributed by atoms with Crippen molar-refractivity contribution in [3.8, 4) is 5.75 Å². The number of amides is 1. The molecular formula is C19H16ClFN4O2. The van der Waals surface area contributed by atoms with Gasteiger partial charge in [-0.15, -0.1) is 0 Å². The maximum Gasteiger partial charge on any atom is 0.274 e. The molecule has 0 fully saturated rings. The second-order valence-corrected chi connectivity index (χ2v) is 6.06. The number of nitrogens with zero attached hydrogens (tertiary/aromatic N) is 2. The monoisotopic (exact) mass is 386 g/mol. The lowest BCUT2D eigenvalue weighted by atomic mass is 10.2. The van der Waals surface area contributed by atoms with E-state index in [9.17, 15) is 9.18 Å². The number of nitrogens with one attached hydrogen (secondary N) is 2. The molecule has 3 aromatic rings. The van der Waals surface area contributed by atoms with E-state index < -0.39 is 5.91 Å². The first-order chi connectivity index (χ1) is 13.0. The summed E-state index contributed by atoms with van der Waals surface area (Å²) in [5.74, 6) is -0.118. The minimum absolute atomic E-state index is 0.157. The van der Waals surface area contributed by atoms with Crippen LogP contribution in [0.5, 0.6) is 5.75 Å². The molecule has 0 unspecified atom stereocenters. The Labute approximate surface area is 160 Å². The van der Waals surface area contributed by atoms with E-state index in [0.29, 0.717) is 22.1 Å². The van der Waals surface area contributed by atoms with Gasteiger partial charge >= 0.3 is 0 Å². The van der Waals surface area contributed by atoms with Gasteiger partial charge in [0.1, 0.15) is 17.3 Å². The molecule has 2 aromatic carbocycles. The summed E-state index contributed by atoms with van der Waals surface area (Å²) in [6, 6.07) is 10.6. The van der Waals surface area contributed by atoms with Crippen molar-refractivity contribution >= 4 is 34.8 Å². The van der Waals surface area contributed by atoms with Crippen LogP contribution in [0.1, 0.15) is 16.1 Å². The Kier molecular flexibility index (Phi) is 5.52. The number of methoxy groups -OCH3 is 1. The standard InChI is InChI=1S/C19H16ClFN4O2/c1-11-9-16(17(27-2)10-14(11)20)24-18(26)15-7-8-22-19(25-15)23-13-5-3-12(21)4-6-13/h3-10H,1-2H3,(H,24,26)(H,22,23,25). The largest absolute Gasteiger partial charge is 0.495 e. The molecule has 2 N–H and O–H groups in total. The fourth-order valence-corrected chi connectivity index (χ4v) is 2.48. The van der Waals surface area contributed by atoms with Crippen molar-refractivity contribution < 1.29 is 13.9 Å². The highest BCUT2D eigenvalue weighted by Gasteiger charge is 2.14. The number of hydrogen-bond donors (Lipinski definition) is 2. The third-order valence-electron chi connectivity index (χ3n) is 3.72. The average Bonchev–Trinajstić information content (AvgIpc) is 2.66. The molecule has 0 aliphatic rings. The summed E-state index contributed by atoms with van der Waals surface area (Å²) in [6.07, 6.45) is 1.46. The highest BCUT2D eigenvalue weighted by Crippen LogP contribution is 2.31. The lowest BCUT2D eigenvalue weighted by Crippen LogP contribution is -2.15. The number of aromatic nitrogens is 2. The maximum atomic E-state index is 13.0. The fourth-order valence-electron chi connectivity index (χ4n) is 2.32. The van der Waals surface area contributed by atoms with Gasteiger partial charge in [-0.3, -0.25) is 4.79 Å². The van der Waals surface area contributed by atoms with Crippen molar-refractivity contribution in [2.75, 3.05) is 17.7 Å². The van der Waals surface area contributed by atoms with Gasteiger partial charge in [0.2, 0.25) is 5.95 Å². The summed E-state index contributed by atoms with van der Waals surface area (Å²) in [4.78, 5) is 20.8. The van der Waals surface area contributed by atoms with E-state index in [1.165, 1.54) is 31.5 Å². The Morgan fingerprint density at radius 2 is 1.93 bits per heavy atom. The first-order valence-electron chi connectivity index (χ1n) is 7.97. The molecule has 0 bridgehead atoms. The summed E-state index contributed by atoms with van der Waals surface area (Å²) in [5.41, 5.74) is 2.04. The Morgan fingerprint density at radius 3 is 2.63 bits per heavy atom. The van der Waals surface area contributed by atoms with Crippen molar-refractivity contribution in [3.63, 3.8) is 0 Å². The van der Waals surface area contributed by atoms with Crippen LogP contribution in [0.25, 0.3) is 0 Å². The van der Waals surface area contributed by atoms with Crippen molar-refractivity contribution in [3.05, 3.63) is 70.8 Å². The zero-order chi connectivity index (χ0) is 19.4. The smallest absolute Gasteiger partial charge is 0.274 e. The van der Waals surface area contributed by atoms with E-state index in [2.05, 4.69) is 20.6 Å². The number of ether oxygens (including phenoxy) is 1. The minimum atomic E-state index is -0.431. The predicted octanol–water partition coefficient (Wildman–Crippen LogP) is 4.58. The van der Waals surface area contributed by atoms with Crippen LogP contribution in [-0.4, -0.2) is 23.0 Å². The van der Waals surface area contributed by atoms with E-state index in [4.69, 9.17) is 16.3 Å². The average molecular weight is 387 g/mol. The van der Waals surface area contributed by atoms with Crippen LogP contribution < -0.4 is 15.4 Å². The van der Waals surface area contributed by atoms with Crippen LogP contribution >= 0.6 is 11.6 Å². The number of hydrogen-bond acceptors (Lipinski definition) is 5. The Balaban J connectivity index is 1.79. The van der Waals surface area contributed by atoms with Gasteiger partial charge in [-0.2, -0.15) is 0 Å². The Morgan fingerprint density at radius 1 is 1.19 bits per heavy atom. The summed E-state index contributed by atoms with van der Waals surface area (Å²) in [5, 5.41) is 6.21. The molecular weight excluding hydrogens is 371 g/mol. The minimum Gasteiger partial charge on any atom is -0.495 e.